The summed E-state index contributed by atoms with van der Waals surface area (Å²) >= 11 is 0. The number of amides is 1. The van der Waals surface area contributed by atoms with Crippen LogP contribution in [0.2, 0.25) is 0 Å². The van der Waals surface area contributed by atoms with Gasteiger partial charge >= 0.3 is 5.97 Å². The third kappa shape index (κ3) is 4.37. The molecule has 0 saturated carbocycles. The zero-order chi connectivity index (χ0) is 15.3. The second kappa shape index (κ2) is 7.09. The summed E-state index contributed by atoms with van der Waals surface area (Å²) in [5.41, 5.74) is 0.305. The number of carboxylic acids is 1. The fourth-order valence-electron chi connectivity index (χ4n) is 2.78. The van der Waals surface area contributed by atoms with Crippen LogP contribution in [0.3, 0.4) is 0 Å². The van der Waals surface area contributed by atoms with Gasteiger partial charge in [0.05, 0.1) is 12.0 Å². The normalized spacial score (nSPS) is 23.6. The van der Waals surface area contributed by atoms with Crippen LogP contribution in [0.15, 0.2) is 11.6 Å². The first-order valence-electron chi connectivity index (χ1n) is 6.94. The molecule has 20 heavy (non-hydrogen) atoms. The topological polar surface area (TPSA) is 90.2 Å². The van der Waals surface area contributed by atoms with E-state index in [0.717, 1.165) is 6.42 Å². The quantitative estimate of drug-likeness (QED) is 0.805. The van der Waals surface area contributed by atoms with Crippen molar-refractivity contribution in [2.24, 2.45) is 17.8 Å². The Morgan fingerprint density at radius 2 is 2.20 bits per heavy atom. The monoisotopic (exact) mass is 278 g/mol. The van der Waals surface area contributed by atoms with Crippen LogP contribution in [-0.2, 0) is 9.59 Å². The van der Waals surface area contributed by atoms with Crippen LogP contribution in [0.25, 0.3) is 0 Å². The molecule has 1 aliphatic carbocycles. The van der Waals surface area contributed by atoms with Crippen LogP contribution in [-0.4, -0.2) is 23.0 Å². The van der Waals surface area contributed by atoms with E-state index in [-0.39, 0.29) is 30.2 Å². The molecule has 2 N–H and O–H groups in total. The van der Waals surface area contributed by atoms with E-state index >= 15 is 0 Å². The summed E-state index contributed by atoms with van der Waals surface area (Å²) < 4.78 is 0. The van der Waals surface area contributed by atoms with E-state index in [1.54, 1.807) is 6.08 Å². The van der Waals surface area contributed by atoms with E-state index in [4.69, 9.17) is 5.11 Å². The number of allylic oxidation sites excluding steroid dienone is 1. The first kappa shape index (κ1) is 16.2. The zero-order valence-corrected chi connectivity index (χ0v) is 12.2. The second-order valence-electron chi connectivity index (χ2n) is 5.81. The molecule has 5 nitrogen and oxygen atoms in total. The SMILES string of the molecule is CC(=O)N[C@@H](CC(C)C)[C@H]1CC=C(C(=O)O)C[C@@H]1C#N. The van der Waals surface area contributed by atoms with Crippen molar-refractivity contribution in [2.75, 3.05) is 0 Å². The van der Waals surface area contributed by atoms with Gasteiger partial charge in [-0.1, -0.05) is 19.9 Å². The van der Waals surface area contributed by atoms with E-state index in [1.165, 1.54) is 6.92 Å². The molecule has 0 aromatic heterocycles. The van der Waals surface area contributed by atoms with Crippen LogP contribution in [0.4, 0.5) is 0 Å². The molecule has 1 aliphatic rings. The average Bonchev–Trinajstić information content (AvgIpc) is 2.35. The van der Waals surface area contributed by atoms with E-state index < -0.39 is 5.97 Å². The Labute approximate surface area is 119 Å². The highest BCUT2D eigenvalue weighted by molar-refractivity contribution is 5.86. The van der Waals surface area contributed by atoms with Gasteiger partial charge in [0.2, 0.25) is 5.91 Å². The predicted octanol–water partition coefficient (Wildman–Crippen LogP) is 2.10. The summed E-state index contributed by atoms with van der Waals surface area (Å²) in [6, 6.07) is 2.13. The lowest BCUT2D eigenvalue weighted by Crippen LogP contribution is -2.43. The van der Waals surface area contributed by atoms with E-state index in [2.05, 4.69) is 25.2 Å². The molecule has 3 atom stereocenters. The van der Waals surface area contributed by atoms with Crippen molar-refractivity contribution < 1.29 is 14.7 Å². The van der Waals surface area contributed by atoms with Gasteiger partial charge in [-0.15, -0.1) is 0 Å². The number of nitrogens with one attached hydrogen (secondary N) is 1. The van der Waals surface area contributed by atoms with Gasteiger partial charge in [0.1, 0.15) is 0 Å². The van der Waals surface area contributed by atoms with E-state index in [9.17, 15) is 14.9 Å². The summed E-state index contributed by atoms with van der Waals surface area (Å²) in [6.45, 7) is 5.60. The highest BCUT2D eigenvalue weighted by Crippen LogP contribution is 2.33. The van der Waals surface area contributed by atoms with Gasteiger partial charge in [-0.05, 0) is 31.1 Å². The number of aliphatic carboxylic acids is 1. The van der Waals surface area contributed by atoms with Crippen molar-refractivity contribution in [3.8, 4) is 6.07 Å². The Morgan fingerprint density at radius 1 is 1.55 bits per heavy atom. The van der Waals surface area contributed by atoms with Crippen molar-refractivity contribution in [2.45, 2.75) is 46.1 Å². The Kier molecular flexibility index (Phi) is 5.75. The number of nitriles is 1. The van der Waals surface area contributed by atoms with Gasteiger partial charge in [0.25, 0.3) is 0 Å². The van der Waals surface area contributed by atoms with Crippen LogP contribution >= 0.6 is 0 Å². The molecule has 5 heteroatoms. The molecule has 0 spiro atoms. The molecule has 0 aromatic carbocycles. The standard InChI is InChI=1S/C15H22N2O3/c1-9(2)6-14(17-10(3)18)13-5-4-11(15(19)20)7-12(13)8-16/h4,9,12-14H,5-7H2,1-3H3,(H,17,18)(H,19,20)/t12-,13+,14+/m1/s1. The fraction of sp³-hybridized carbons (Fsp3) is 0.667. The van der Waals surface area contributed by atoms with E-state index in [1.807, 2.05) is 0 Å². The van der Waals surface area contributed by atoms with Gasteiger partial charge in [-0.3, -0.25) is 4.79 Å². The summed E-state index contributed by atoms with van der Waals surface area (Å²) in [5.74, 6) is -1.05. The largest absolute Gasteiger partial charge is 0.478 e. The van der Waals surface area contributed by atoms with Crippen LogP contribution < -0.4 is 5.32 Å². The molecule has 1 rings (SSSR count). The zero-order valence-electron chi connectivity index (χ0n) is 12.2. The highest BCUT2D eigenvalue weighted by atomic mass is 16.4. The maximum absolute atomic E-state index is 11.3. The Hall–Kier alpha value is -1.83. The maximum Gasteiger partial charge on any atom is 0.331 e. The molecule has 0 unspecified atom stereocenters. The van der Waals surface area contributed by atoms with E-state index in [0.29, 0.717) is 17.9 Å². The molecular formula is C15H22N2O3. The molecule has 0 heterocycles. The first-order chi connectivity index (χ1) is 9.35. The summed E-state index contributed by atoms with van der Waals surface area (Å²) in [4.78, 5) is 22.3. The van der Waals surface area contributed by atoms with Crippen molar-refractivity contribution in [3.05, 3.63) is 11.6 Å². The molecule has 1 amide bonds. The summed E-state index contributed by atoms with van der Waals surface area (Å²) in [6.07, 6.45) is 3.26. The van der Waals surface area contributed by atoms with Gasteiger partial charge in [-0.25, -0.2) is 4.79 Å². The van der Waals surface area contributed by atoms with Gasteiger partial charge < -0.3 is 10.4 Å². The lowest BCUT2D eigenvalue weighted by atomic mass is 9.74. The van der Waals surface area contributed by atoms with Gasteiger partial charge in [0.15, 0.2) is 0 Å². The Morgan fingerprint density at radius 3 is 2.65 bits per heavy atom. The lowest BCUT2D eigenvalue weighted by Gasteiger charge is -2.34. The molecule has 0 bridgehead atoms. The molecule has 0 aliphatic heterocycles. The Balaban J connectivity index is 2.92. The molecule has 0 saturated heterocycles. The maximum atomic E-state index is 11.3. The van der Waals surface area contributed by atoms with Crippen molar-refractivity contribution in [1.82, 2.24) is 5.32 Å². The summed E-state index contributed by atoms with van der Waals surface area (Å²) in [7, 11) is 0. The second-order valence-corrected chi connectivity index (χ2v) is 5.81. The average molecular weight is 278 g/mol. The number of carbonyl (C=O) groups is 2. The molecule has 0 aromatic rings. The van der Waals surface area contributed by atoms with Crippen LogP contribution in [0.1, 0.15) is 40.0 Å². The number of hydrogen-bond donors (Lipinski definition) is 2. The third-order valence-corrected chi connectivity index (χ3v) is 3.66. The van der Waals surface area contributed by atoms with Crippen molar-refractivity contribution in [3.63, 3.8) is 0 Å². The molecule has 0 fully saturated rings. The van der Waals surface area contributed by atoms with Gasteiger partial charge in [0, 0.05) is 18.5 Å². The lowest BCUT2D eigenvalue weighted by molar-refractivity contribution is -0.133. The highest BCUT2D eigenvalue weighted by Gasteiger charge is 2.34. The molecule has 0 radical (unpaired) electrons. The number of carbonyl (C=O) groups excluding carboxylic acids is 1. The molecular weight excluding hydrogens is 256 g/mol. The van der Waals surface area contributed by atoms with Crippen LogP contribution in [0, 0.1) is 29.1 Å². The minimum Gasteiger partial charge on any atom is -0.478 e. The number of rotatable bonds is 5. The Bertz CT molecular complexity index is 449. The minimum absolute atomic E-state index is 0.0191. The minimum atomic E-state index is -0.955. The van der Waals surface area contributed by atoms with Crippen molar-refractivity contribution in [1.29, 1.82) is 5.26 Å². The number of carboxylic acid groups (broad SMARTS) is 1. The smallest absolute Gasteiger partial charge is 0.331 e. The van der Waals surface area contributed by atoms with Gasteiger partial charge in [-0.2, -0.15) is 5.26 Å². The third-order valence-electron chi connectivity index (χ3n) is 3.66. The summed E-state index contributed by atoms with van der Waals surface area (Å²) in [5, 5.41) is 21.2. The predicted molar refractivity (Wildman–Crippen MR) is 74.6 cm³/mol. The molecule has 110 valence electrons. The van der Waals surface area contributed by atoms with Crippen molar-refractivity contribution >= 4 is 11.9 Å². The first-order valence-corrected chi connectivity index (χ1v) is 6.94. The number of nitrogens with zero attached hydrogens (tertiary/aromatic N) is 1. The fourth-order valence-corrected chi connectivity index (χ4v) is 2.78. The van der Waals surface area contributed by atoms with Crippen LogP contribution in [0.5, 0.6) is 0 Å². The number of hydrogen-bond acceptors (Lipinski definition) is 3.